The zero-order valence-corrected chi connectivity index (χ0v) is 20.9. The van der Waals surface area contributed by atoms with Crippen LogP contribution < -0.4 is 15.2 Å². The summed E-state index contributed by atoms with van der Waals surface area (Å²) in [5.41, 5.74) is 11.5. The Kier molecular flexibility index (Phi) is 5.62. The van der Waals surface area contributed by atoms with Crippen LogP contribution >= 0.6 is 15.9 Å². The second kappa shape index (κ2) is 8.64. The zero-order chi connectivity index (χ0) is 24.9. The SMILES string of the molecule is Cc1ccc2c(C)c(C(=O)Oc3ccc4c(c3)OC(N)=C(C#N)C4c3ccccc3Br)oc2c1C. The number of ether oxygens (including phenoxy) is 2. The van der Waals surface area contributed by atoms with Gasteiger partial charge in [-0.15, -0.1) is 0 Å². The van der Waals surface area contributed by atoms with Crippen LogP contribution in [0, 0.1) is 32.1 Å². The van der Waals surface area contributed by atoms with Crippen molar-refractivity contribution < 1.29 is 18.7 Å². The molecule has 0 fully saturated rings. The highest BCUT2D eigenvalue weighted by Gasteiger charge is 2.32. The third-order valence-electron chi connectivity index (χ3n) is 6.43. The van der Waals surface area contributed by atoms with Gasteiger partial charge in [0.2, 0.25) is 11.6 Å². The van der Waals surface area contributed by atoms with Crippen LogP contribution in [-0.4, -0.2) is 5.97 Å². The van der Waals surface area contributed by atoms with Crippen LogP contribution in [0.15, 0.2) is 74.9 Å². The van der Waals surface area contributed by atoms with E-state index in [9.17, 15) is 10.1 Å². The summed E-state index contributed by atoms with van der Waals surface area (Å²) in [4.78, 5) is 13.0. The maximum absolute atomic E-state index is 13.0. The first kappa shape index (κ1) is 22.8. The number of nitriles is 1. The molecule has 1 atom stereocenters. The van der Waals surface area contributed by atoms with Crippen molar-refractivity contribution in [1.82, 2.24) is 0 Å². The Morgan fingerprint density at radius 1 is 1.06 bits per heavy atom. The fourth-order valence-electron chi connectivity index (χ4n) is 4.39. The molecule has 0 saturated carbocycles. The standard InChI is InChI=1S/C28H21BrN2O4/c1-14-8-10-18-16(3)26(35-25(18)15(14)2)28(32)33-17-9-11-20-23(12-17)34-27(31)21(13-30)24(20)19-6-4-5-7-22(19)29/h4-12,24H,31H2,1-3H3. The van der Waals surface area contributed by atoms with Crippen LogP contribution in [0.4, 0.5) is 0 Å². The van der Waals surface area contributed by atoms with Crippen LogP contribution in [0.2, 0.25) is 0 Å². The quantitative estimate of drug-likeness (QED) is 0.239. The number of rotatable bonds is 3. The Balaban J connectivity index is 1.51. The molecule has 35 heavy (non-hydrogen) atoms. The van der Waals surface area contributed by atoms with Crippen LogP contribution in [0.5, 0.6) is 11.5 Å². The fourth-order valence-corrected chi connectivity index (χ4v) is 4.91. The third-order valence-corrected chi connectivity index (χ3v) is 7.15. The maximum Gasteiger partial charge on any atom is 0.379 e. The Morgan fingerprint density at radius 3 is 2.57 bits per heavy atom. The monoisotopic (exact) mass is 528 g/mol. The molecule has 1 aliphatic rings. The highest BCUT2D eigenvalue weighted by atomic mass is 79.9. The van der Waals surface area contributed by atoms with Gasteiger partial charge in [-0.2, -0.15) is 5.26 Å². The van der Waals surface area contributed by atoms with Crippen LogP contribution in [0.1, 0.15) is 44.3 Å². The number of carbonyl (C=O) groups excluding carboxylic acids is 1. The van der Waals surface area contributed by atoms with Gasteiger partial charge in [-0.25, -0.2) is 4.79 Å². The highest BCUT2D eigenvalue weighted by Crippen LogP contribution is 2.45. The lowest BCUT2D eigenvalue weighted by Crippen LogP contribution is -2.21. The number of nitrogens with two attached hydrogens (primary N) is 1. The van der Waals surface area contributed by atoms with Gasteiger partial charge in [0.1, 0.15) is 28.7 Å². The number of allylic oxidation sites excluding steroid dienone is 1. The summed E-state index contributed by atoms with van der Waals surface area (Å²) in [7, 11) is 0. The average Bonchev–Trinajstić information content (AvgIpc) is 3.18. The first-order valence-corrected chi connectivity index (χ1v) is 11.8. The summed E-state index contributed by atoms with van der Waals surface area (Å²) in [5, 5.41) is 10.7. The molecule has 0 bridgehead atoms. The van der Waals surface area contributed by atoms with Gasteiger partial charge >= 0.3 is 5.97 Å². The molecule has 1 unspecified atom stereocenters. The van der Waals surface area contributed by atoms with Gasteiger partial charge in [0, 0.05) is 27.1 Å². The normalized spacial score (nSPS) is 14.9. The summed E-state index contributed by atoms with van der Waals surface area (Å²) in [6.07, 6.45) is 0. The van der Waals surface area contributed by atoms with E-state index in [0.717, 1.165) is 37.7 Å². The minimum atomic E-state index is -0.602. The molecule has 0 spiro atoms. The maximum atomic E-state index is 13.0. The first-order chi connectivity index (χ1) is 16.8. The third kappa shape index (κ3) is 3.76. The van der Waals surface area contributed by atoms with Gasteiger partial charge in [-0.1, -0.05) is 52.3 Å². The lowest BCUT2D eigenvalue weighted by Gasteiger charge is -2.27. The van der Waals surface area contributed by atoms with Crippen molar-refractivity contribution in [2.75, 3.05) is 0 Å². The number of carbonyl (C=O) groups is 1. The molecule has 1 aromatic heterocycles. The smallest absolute Gasteiger partial charge is 0.379 e. The van der Waals surface area contributed by atoms with Crippen molar-refractivity contribution in [2.45, 2.75) is 26.7 Å². The number of nitrogens with zero attached hydrogens (tertiary/aromatic N) is 1. The molecule has 0 aliphatic carbocycles. The van der Waals surface area contributed by atoms with Gasteiger partial charge in [0.25, 0.3) is 0 Å². The molecule has 7 heteroatoms. The summed E-state index contributed by atoms with van der Waals surface area (Å²) in [6, 6.07) is 18.8. The Morgan fingerprint density at radius 2 is 1.83 bits per heavy atom. The molecule has 2 heterocycles. The van der Waals surface area contributed by atoms with Crippen molar-refractivity contribution in [3.8, 4) is 17.6 Å². The Hall–Kier alpha value is -4.02. The van der Waals surface area contributed by atoms with E-state index in [1.807, 2.05) is 57.2 Å². The lowest BCUT2D eigenvalue weighted by molar-refractivity contribution is 0.0702. The van der Waals surface area contributed by atoms with Crippen molar-refractivity contribution in [1.29, 1.82) is 5.26 Å². The number of aryl methyl sites for hydroxylation is 3. The second-order valence-corrected chi connectivity index (χ2v) is 9.33. The number of halogens is 1. The lowest BCUT2D eigenvalue weighted by atomic mass is 9.83. The zero-order valence-electron chi connectivity index (χ0n) is 19.3. The summed E-state index contributed by atoms with van der Waals surface area (Å²) >= 11 is 3.57. The highest BCUT2D eigenvalue weighted by molar-refractivity contribution is 9.10. The van der Waals surface area contributed by atoms with E-state index < -0.39 is 11.9 Å². The van der Waals surface area contributed by atoms with E-state index >= 15 is 0 Å². The van der Waals surface area contributed by atoms with Crippen molar-refractivity contribution in [2.24, 2.45) is 5.73 Å². The van der Waals surface area contributed by atoms with Gasteiger partial charge in [-0.05, 0) is 49.6 Å². The number of furan rings is 1. The largest absolute Gasteiger partial charge is 0.448 e. The Bertz CT molecular complexity index is 1590. The number of esters is 1. The summed E-state index contributed by atoms with van der Waals surface area (Å²) < 4.78 is 18.2. The Labute approximate surface area is 210 Å². The van der Waals surface area contributed by atoms with Crippen molar-refractivity contribution >= 4 is 32.9 Å². The summed E-state index contributed by atoms with van der Waals surface area (Å²) in [5.74, 6) is -0.156. The van der Waals surface area contributed by atoms with Gasteiger partial charge in [0.05, 0.1) is 5.92 Å². The minimum absolute atomic E-state index is 0.0169. The van der Waals surface area contributed by atoms with E-state index in [-0.39, 0.29) is 17.4 Å². The molecular weight excluding hydrogens is 508 g/mol. The number of benzene rings is 3. The molecule has 0 radical (unpaired) electrons. The average molecular weight is 529 g/mol. The van der Waals surface area contributed by atoms with E-state index in [1.165, 1.54) is 0 Å². The van der Waals surface area contributed by atoms with Gasteiger partial charge in [-0.3, -0.25) is 0 Å². The van der Waals surface area contributed by atoms with Crippen LogP contribution in [-0.2, 0) is 0 Å². The van der Waals surface area contributed by atoms with E-state index in [2.05, 4.69) is 22.0 Å². The number of hydrogen-bond donors (Lipinski definition) is 1. The van der Waals surface area contributed by atoms with Crippen molar-refractivity contribution in [3.05, 3.63) is 104 Å². The number of fused-ring (bicyclic) bond motifs is 2. The van der Waals surface area contributed by atoms with Gasteiger partial charge < -0.3 is 19.6 Å². The molecule has 3 aromatic carbocycles. The number of hydrogen-bond acceptors (Lipinski definition) is 6. The predicted octanol–water partition coefficient (Wildman–Crippen LogP) is 6.56. The van der Waals surface area contributed by atoms with E-state index in [0.29, 0.717) is 16.9 Å². The van der Waals surface area contributed by atoms with Crippen LogP contribution in [0.3, 0.4) is 0 Å². The molecular formula is C28H21BrN2O4. The topological polar surface area (TPSA) is 98.5 Å². The van der Waals surface area contributed by atoms with Crippen molar-refractivity contribution in [3.63, 3.8) is 0 Å². The molecule has 2 N–H and O–H groups in total. The van der Waals surface area contributed by atoms with E-state index in [4.69, 9.17) is 19.6 Å². The molecule has 6 nitrogen and oxygen atoms in total. The van der Waals surface area contributed by atoms with Gasteiger partial charge in [0.15, 0.2) is 0 Å². The predicted molar refractivity (Wildman–Crippen MR) is 135 cm³/mol. The first-order valence-electron chi connectivity index (χ1n) is 11.0. The summed E-state index contributed by atoms with van der Waals surface area (Å²) in [6.45, 7) is 5.80. The fraction of sp³-hybridized carbons (Fsp3) is 0.143. The van der Waals surface area contributed by atoms with Crippen LogP contribution in [0.25, 0.3) is 11.0 Å². The molecule has 174 valence electrons. The molecule has 0 saturated heterocycles. The molecule has 4 aromatic rings. The molecule has 1 aliphatic heterocycles. The minimum Gasteiger partial charge on any atom is -0.448 e. The second-order valence-electron chi connectivity index (χ2n) is 8.48. The molecule has 0 amide bonds. The van der Waals surface area contributed by atoms with E-state index in [1.54, 1.807) is 18.2 Å². The molecule has 5 rings (SSSR count).